The van der Waals surface area contributed by atoms with Gasteiger partial charge in [0.15, 0.2) is 5.78 Å². The van der Waals surface area contributed by atoms with E-state index in [0.29, 0.717) is 23.5 Å². The fraction of sp³-hybridized carbons (Fsp3) is 0.684. The van der Waals surface area contributed by atoms with Crippen LogP contribution in [0, 0.1) is 28.6 Å². The minimum Gasteiger partial charge on any atom is -0.395 e. The van der Waals surface area contributed by atoms with Crippen molar-refractivity contribution >= 4 is 11.6 Å². The fourth-order valence-corrected chi connectivity index (χ4v) is 6.05. The highest BCUT2D eigenvalue weighted by molar-refractivity contribution is 6.01. The van der Waals surface area contributed by atoms with Gasteiger partial charge >= 0.3 is 0 Å². The summed E-state index contributed by atoms with van der Waals surface area (Å²) in [6.45, 7) is 2.25. The van der Waals surface area contributed by atoms with Gasteiger partial charge in [-0.2, -0.15) is 0 Å². The molecule has 3 heteroatoms. The molecule has 22 heavy (non-hydrogen) atoms. The molecule has 118 valence electrons. The zero-order valence-corrected chi connectivity index (χ0v) is 13.2. The van der Waals surface area contributed by atoms with E-state index in [1.807, 2.05) is 6.08 Å². The van der Waals surface area contributed by atoms with Gasteiger partial charge in [0.1, 0.15) is 5.78 Å². The molecule has 0 aliphatic heterocycles. The zero-order chi connectivity index (χ0) is 15.5. The van der Waals surface area contributed by atoms with Crippen LogP contribution in [-0.4, -0.2) is 23.3 Å². The van der Waals surface area contributed by atoms with Crippen molar-refractivity contribution in [2.45, 2.75) is 45.4 Å². The van der Waals surface area contributed by atoms with Gasteiger partial charge in [-0.25, -0.2) is 0 Å². The van der Waals surface area contributed by atoms with Crippen LogP contribution in [0.5, 0.6) is 0 Å². The summed E-state index contributed by atoms with van der Waals surface area (Å²) in [5.41, 5.74) is 0.647. The number of carbonyl (C=O) groups is 2. The number of carbonyl (C=O) groups excluding carboxylic acids is 2. The van der Waals surface area contributed by atoms with Gasteiger partial charge in [0.2, 0.25) is 0 Å². The van der Waals surface area contributed by atoms with Crippen molar-refractivity contribution in [2.24, 2.45) is 28.6 Å². The molecule has 0 radical (unpaired) electrons. The van der Waals surface area contributed by atoms with Crippen LogP contribution in [0.1, 0.15) is 45.4 Å². The van der Waals surface area contributed by atoms with Crippen LogP contribution >= 0.6 is 0 Å². The Morgan fingerprint density at radius 3 is 2.77 bits per heavy atom. The standard InChI is InChI=1S/C19H24O3/c1-18-8-7-16-14(15(18)4-5-17(18)22)3-2-12-10-13(21)6-9-19(12,16)11-20/h6,9-10,14-16,20H,2-5,7-8,11H2,1H3/t14-,15-,16-,18-,19+/m0/s1. The predicted octanol–water partition coefficient (Wildman–Crippen LogP) is 2.84. The Hall–Kier alpha value is -1.22. The Balaban J connectivity index is 1.74. The van der Waals surface area contributed by atoms with Crippen molar-refractivity contribution in [3.63, 3.8) is 0 Å². The number of allylic oxidation sites excluding steroid dienone is 2. The lowest BCUT2D eigenvalue weighted by atomic mass is 9.48. The molecular weight excluding hydrogens is 276 g/mol. The number of hydrogen-bond donors (Lipinski definition) is 1. The van der Waals surface area contributed by atoms with Gasteiger partial charge in [-0.15, -0.1) is 0 Å². The molecule has 0 aromatic rings. The van der Waals surface area contributed by atoms with E-state index in [9.17, 15) is 14.7 Å². The van der Waals surface area contributed by atoms with E-state index in [2.05, 4.69) is 6.92 Å². The molecule has 0 unspecified atom stereocenters. The number of aliphatic hydroxyl groups is 1. The first-order valence-corrected chi connectivity index (χ1v) is 8.60. The molecule has 0 aromatic carbocycles. The minimum absolute atomic E-state index is 0.0502. The Morgan fingerprint density at radius 1 is 1.18 bits per heavy atom. The summed E-state index contributed by atoms with van der Waals surface area (Å²) in [5.74, 6) is 1.85. The molecule has 4 rings (SSSR count). The quantitative estimate of drug-likeness (QED) is 0.810. The van der Waals surface area contributed by atoms with Gasteiger partial charge in [-0.05, 0) is 62.0 Å². The van der Waals surface area contributed by atoms with Crippen molar-refractivity contribution in [1.82, 2.24) is 0 Å². The van der Waals surface area contributed by atoms with Crippen LogP contribution in [0.2, 0.25) is 0 Å². The molecule has 3 saturated carbocycles. The first-order valence-electron chi connectivity index (χ1n) is 8.60. The van der Waals surface area contributed by atoms with Crippen LogP contribution < -0.4 is 0 Å². The number of Topliss-reactive ketones (excluding diaryl/α,β-unsaturated/α-hetero) is 1. The average Bonchev–Trinajstić information content (AvgIpc) is 2.82. The van der Waals surface area contributed by atoms with Crippen LogP contribution in [0.4, 0.5) is 0 Å². The van der Waals surface area contributed by atoms with Crippen molar-refractivity contribution in [3.8, 4) is 0 Å². The summed E-state index contributed by atoms with van der Waals surface area (Å²) in [6.07, 6.45) is 11.0. The summed E-state index contributed by atoms with van der Waals surface area (Å²) in [7, 11) is 0. The maximum absolute atomic E-state index is 12.4. The highest BCUT2D eigenvalue weighted by Gasteiger charge is 2.59. The summed E-state index contributed by atoms with van der Waals surface area (Å²) in [6, 6.07) is 0. The topological polar surface area (TPSA) is 54.4 Å². The van der Waals surface area contributed by atoms with Crippen molar-refractivity contribution in [2.75, 3.05) is 6.61 Å². The normalized spacial score (nSPS) is 46.8. The van der Waals surface area contributed by atoms with E-state index in [0.717, 1.165) is 44.1 Å². The lowest BCUT2D eigenvalue weighted by molar-refractivity contribution is -0.132. The molecule has 3 nitrogen and oxygen atoms in total. The Labute approximate surface area is 131 Å². The number of hydrogen-bond acceptors (Lipinski definition) is 3. The van der Waals surface area contributed by atoms with Gasteiger partial charge in [0.05, 0.1) is 6.61 Å². The Bertz CT molecular complexity index is 602. The second kappa shape index (κ2) is 4.64. The second-order valence-corrected chi connectivity index (χ2v) is 7.94. The summed E-state index contributed by atoms with van der Waals surface area (Å²) in [5, 5.41) is 10.2. The molecule has 0 spiro atoms. The van der Waals surface area contributed by atoms with E-state index in [-0.39, 0.29) is 23.2 Å². The molecule has 3 fully saturated rings. The van der Waals surface area contributed by atoms with E-state index < -0.39 is 0 Å². The molecule has 1 N–H and O–H groups in total. The van der Waals surface area contributed by atoms with Gasteiger partial charge in [0, 0.05) is 17.3 Å². The van der Waals surface area contributed by atoms with Crippen LogP contribution in [0.25, 0.3) is 0 Å². The summed E-state index contributed by atoms with van der Waals surface area (Å²) in [4.78, 5) is 24.1. The minimum atomic E-state index is -0.343. The fourth-order valence-electron chi connectivity index (χ4n) is 6.05. The molecule has 4 aliphatic rings. The number of ketones is 2. The SMILES string of the molecule is C[C@]12CC[C@H]3[C@@H](CCC4=CC(=O)C=C[C@@]43CO)[C@@H]1CCC2=O. The summed E-state index contributed by atoms with van der Waals surface area (Å²) >= 11 is 0. The van der Waals surface area contributed by atoms with Crippen molar-refractivity contribution in [3.05, 3.63) is 23.8 Å². The maximum Gasteiger partial charge on any atom is 0.178 e. The van der Waals surface area contributed by atoms with E-state index in [4.69, 9.17) is 0 Å². The lowest BCUT2D eigenvalue weighted by Crippen LogP contribution is -2.52. The molecule has 4 aliphatic carbocycles. The first-order chi connectivity index (χ1) is 10.5. The van der Waals surface area contributed by atoms with Gasteiger partial charge in [0.25, 0.3) is 0 Å². The predicted molar refractivity (Wildman–Crippen MR) is 83.0 cm³/mol. The van der Waals surface area contributed by atoms with Crippen molar-refractivity contribution < 1.29 is 14.7 Å². The van der Waals surface area contributed by atoms with E-state index in [1.54, 1.807) is 12.2 Å². The summed E-state index contributed by atoms with van der Waals surface area (Å²) < 4.78 is 0. The highest BCUT2D eigenvalue weighted by Crippen LogP contribution is 2.63. The molecule has 0 bridgehead atoms. The molecule has 0 aromatic heterocycles. The van der Waals surface area contributed by atoms with Crippen LogP contribution in [0.15, 0.2) is 23.8 Å². The van der Waals surface area contributed by atoms with Crippen LogP contribution in [0.3, 0.4) is 0 Å². The maximum atomic E-state index is 12.4. The van der Waals surface area contributed by atoms with Gasteiger partial charge in [-0.3, -0.25) is 9.59 Å². The van der Waals surface area contributed by atoms with E-state index >= 15 is 0 Å². The molecule has 0 amide bonds. The van der Waals surface area contributed by atoms with Gasteiger partial charge < -0.3 is 5.11 Å². The number of rotatable bonds is 1. The van der Waals surface area contributed by atoms with Gasteiger partial charge in [-0.1, -0.05) is 18.6 Å². The monoisotopic (exact) mass is 300 g/mol. The molecule has 0 heterocycles. The molecule has 5 atom stereocenters. The molecule has 0 saturated heterocycles. The second-order valence-electron chi connectivity index (χ2n) is 7.94. The number of aliphatic hydroxyl groups excluding tert-OH is 1. The molecular formula is C19H24O3. The average molecular weight is 300 g/mol. The first kappa shape index (κ1) is 14.4. The van der Waals surface area contributed by atoms with Crippen LogP contribution in [-0.2, 0) is 9.59 Å². The lowest BCUT2D eigenvalue weighted by Gasteiger charge is -2.56. The third-order valence-corrected chi connectivity index (χ3v) is 7.28. The Kier molecular flexibility index (Phi) is 3.03. The number of fused-ring (bicyclic) bond motifs is 5. The van der Waals surface area contributed by atoms with Crippen molar-refractivity contribution in [1.29, 1.82) is 0 Å². The highest BCUT2D eigenvalue weighted by atomic mass is 16.3. The third kappa shape index (κ3) is 1.66. The zero-order valence-electron chi connectivity index (χ0n) is 13.2. The smallest absolute Gasteiger partial charge is 0.178 e. The largest absolute Gasteiger partial charge is 0.395 e. The Morgan fingerprint density at radius 2 is 2.00 bits per heavy atom. The third-order valence-electron chi connectivity index (χ3n) is 7.28. The van der Waals surface area contributed by atoms with E-state index in [1.165, 1.54) is 0 Å².